The van der Waals surface area contributed by atoms with Crippen LogP contribution in [0.15, 0.2) is 48.5 Å². The zero-order valence-electron chi connectivity index (χ0n) is 17.9. The molecule has 0 aliphatic heterocycles. The van der Waals surface area contributed by atoms with Gasteiger partial charge in [-0.25, -0.2) is 14.4 Å². The largest absolute Gasteiger partial charge is 0.480 e. The number of rotatable bonds is 5. The molecule has 0 heterocycles. The van der Waals surface area contributed by atoms with E-state index in [1.807, 2.05) is 48.5 Å². The zero-order valence-corrected chi connectivity index (χ0v) is 17.9. The number of hydrogen-bond acceptors (Lipinski definition) is 5. The molecule has 0 fully saturated rings. The number of aliphatic carboxylic acids is 1. The second kappa shape index (κ2) is 8.67. The number of nitrogens with one attached hydrogen (secondary N) is 1. The lowest BCUT2D eigenvalue weighted by molar-refractivity contribution is -0.143. The summed E-state index contributed by atoms with van der Waals surface area (Å²) in [5, 5.41) is 12.4. The van der Waals surface area contributed by atoms with E-state index in [0.29, 0.717) is 0 Å². The number of benzene rings is 2. The minimum absolute atomic E-state index is 0.347. The Balaban J connectivity index is 2.00. The van der Waals surface area contributed by atoms with E-state index in [9.17, 15) is 19.5 Å². The van der Waals surface area contributed by atoms with Gasteiger partial charge < -0.3 is 19.9 Å². The van der Waals surface area contributed by atoms with Crippen LogP contribution in [0.5, 0.6) is 0 Å². The first kappa shape index (κ1) is 22.1. The first-order chi connectivity index (χ1) is 14.6. The van der Waals surface area contributed by atoms with Crippen LogP contribution in [-0.2, 0) is 14.3 Å². The van der Waals surface area contributed by atoms with Gasteiger partial charge in [0, 0.05) is 0 Å². The van der Waals surface area contributed by atoms with Crippen molar-refractivity contribution in [2.24, 2.45) is 0 Å². The van der Waals surface area contributed by atoms with Crippen molar-refractivity contribution in [3.05, 3.63) is 59.7 Å². The summed E-state index contributed by atoms with van der Waals surface area (Å²) in [6.07, 6.45) is -1.58. The van der Waals surface area contributed by atoms with Gasteiger partial charge in [0.1, 0.15) is 5.60 Å². The third kappa shape index (κ3) is 4.63. The molecule has 1 atom stereocenters. The zero-order chi connectivity index (χ0) is 22.8. The summed E-state index contributed by atoms with van der Waals surface area (Å²) < 4.78 is 10.1. The minimum atomic E-state index is -1.39. The summed E-state index contributed by atoms with van der Waals surface area (Å²) in [4.78, 5) is 38.3. The van der Waals surface area contributed by atoms with Crippen LogP contribution >= 0.6 is 0 Å². The molecule has 0 spiro atoms. The fourth-order valence-electron chi connectivity index (χ4n) is 3.75. The average Bonchev–Trinajstić information content (AvgIpc) is 3.03. The number of methoxy groups -OCH3 is 1. The molecule has 1 unspecified atom stereocenters. The SMILES string of the molecule is COC(=O)N(C(CNC(=O)OC(C)(C)C)C(=O)O)C1c2ccccc2-c2ccccc21. The monoisotopic (exact) mass is 426 g/mol. The molecule has 0 bridgehead atoms. The minimum Gasteiger partial charge on any atom is -0.480 e. The number of carboxylic acid groups (broad SMARTS) is 1. The Morgan fingerprint density at radius 2 is 1.55 bits per heavy atom. The summed E-state index contributed by atoms with van der Waals surface area (Å²) in [7, 11) is 1.20. The summed E-state index contributed by atoms with van der Waals surface area (Å²) in [5.74, 6) is -1.27. The number of alkyl carbamates (subject to hydrolysis) is 1. The molecular weight excluding hydrogens is 400 g/mol. The van der Waals surface area contributed by atoms with Gasteiger partial charge in [0.25, 0.3) is 0 Å². The molecule has 1 aliphatic rings. The number of fused-ring (bicyclic) bond motifs is 3. The standard InChI is InChI=1S/C23H26N2O6/c1-23(2,3)31-21(28)24-13-18(20(26)27)25(22(29)30-4)19-16-11-7-5-9-14(16)15-10-6-8-12-17(15)19/h5-12,18-19H,13H2,1-4H3,(H,24,28)(H,26,27). The van der Waals surface area contributed by atoms with Crippen LogP contribution in [0.4, 0.5) is 9.59 Å². The first-order valence-electron chi connectivity index (χ1n) is 9.88. The van der Waals surface area contributed by atoms with Gasteiger partial charge >= 0.3 is 18.2 Å². The van der Waals surface area contributed by atoms with E-state index in [2.05, 4.69) is 5.32 Å². The van der Waals surface area contributed by atoms with E-state index < -0.39 is 35.8 Å². The maximum Gasteiger partial charge on any atom is 0.411 e. The smallest absolute Gasteiger partial charge is 0.411 e. The number of carbonyl (C=O) groups excluding carboxylic acids is 2. The van der Waals surface area contributed by atoms with Gasteiger partial charge in [-0.1, -0.05) is 48.5 Å². The predicted octanol–water partition coefficient (Wildman–Crippen LogP) is 3.80. The molecule has 8 nitrogen and oxygen atoms in total. The molecule has 31 heavy (non-hydrogen) atoms. The fourth-order valence-corrected chi connectivity index (χ4v) is 3.75. The van der Waals surface area contributed by atoms with E-state index in [0.717, 1.165) is 27.2 Å². The number of carboxylic acids is 1. The number of nitrogens with zero attached hydrogens (tertiary/aromatic N) is 1. The highest BCUT2D eigenvalue weighted by atomic mass is 16.6. The molecule has 2 aromatic rings. The summed E-state index contributed by atoms with van der Waals surface area (Å²) >= 11 is 0. The van der Waals surface area contributed by atoms with Crippen LogP contribution in [0, 0.1) is 0 Å². The topological polar surface area (TPSA) is 105 Å². The highest BCUT2D eigenvalue weighted by Gasteiger charge is 2.42. The Bertz CT molecular complexity index is 952. The van der Waals surface area contributed by atoms with Gasteiger partial charge in [-0.2, -0.15) is 0 Å². The maximum absolute atomic E-state index is 12.8. The average molecular weight is 426 g/mol. The van der Waals surface area contributed by atoms with Gasteiger partial charge in [-0.15, -0.1) is 0 Å². The summed E-state index contributed by atoms with van der Waals surface area (Å²) in [5.41, 5.74) is 2.67. The summed E-state index contributed by atoms with van der Waals surface area (Å²) in [6, 6.07) is 13.0. The van der Waals surface area contributed by atoms with Crippen molar-refractivity contribution in [3.8, 4) is 11.1 Å². The first-order valence-corrected chi connectivity index (χ1v) is 9.88. The lowest BCUT2D eigenvalue weighted by atomic mass is 10.0. The molecule has 2 N–H and O–H groups in total. The molecule has 0 saturated carbocycles. The van der Waals surface area contributed by atoms with Crippen molar-refractivity contribution in [3.63, 3.8) is 0 Å². The van der Waals surface area contributed by atoms with Crippen LogP contribution < -0.4 is 5.32 Å². The highest BCUT2D eigenvalue weighted by Crippen LogP contribution is 2.46. The van der Waals surface area contributed by atoms with E-state index in [1.54, 1.807) is 20.8 Å². The quantitative estimate of drug-likeness (QED) is 0.753. The second-order valence-electron chi connectivity index (χ2n) is 8.19. The number of hydrogen-bond donors (Lipinski definition) is 2. The lowest BCUT2D eigenvalue weighted by Crippen LogP contribution is -2.53. The van der Waals surface area contributed by atoms with Crippen molar-refractivity contribution in [1.82, 2.24) is 10.2 Å². The summed E-state index contributed by atoms with van der Waals surface area (Å²) in [6.45, 7) is 4.76. The van der Waals surface area contributed by atoms with Crippen LogP contribution in [-0.4, -0.2) is 53.5 Å². The molecule has 2 aromatic carbocycles. The van der Waals surface area contributed by atoms with Crippen molar-refractivity contribution in [1.29, 1.82) is 0 Å². The Morgan fingerprint density at radius 3 is 2.00 bits per heavy atom. The molecule has 1 aliphatic carbocycles. The molecular formula is C23H26N2O6. The molecule has 3 rings (SSSR count). The Labute approximate surface area is 180 Å². The Hall–Kier alpha value is -3.55. The molecule has 2 amide bonds. The van der Waals surface area contributed by atoms with Crippen molar-refractivity contribution in [2.45, 2.75) is 38.5 Å². The van der Waals surface area contributed by atoms with Crippen LogP contribution in [0.1, 0.15) is 37.9 Å². The number of ether oxygens (including phenoxy) is 2. The molecule has 8 heteroatoms. The van der Waals surface area contributed by atoms with E-state index >= 15 is 0 Å². The van der Waals surface area contributed by atoms with Crippen molar-refractivity contribution < 1.29 is 29.0 Å². The Kier molecular flexibility index (Phi) is 6.19. The second-order valence-corrected chi connectivity index (χ2v) is 8.19. The van der Waals surface area contributed by atoms with E-state index in [-0.39, 0.29) is 6.54 Å². The van der Waals surface area contributed by atoms with Crippen molar-refractivity contribution >= 4 is 18.2 Å². The molecule has 164 valence electrons. The van der Waals surface area contributed by atoms with Gasteiger partial charge in [-0.3, -0.25) is 4.90 Å². The normalized spacial score (nSPS) is 13.5. The van der Waals surface area contributed by atoms with Gasteiger partial charge in [-0.05, 0) is 43.0 Å². The number of carbonyl (C=O) groups is 3. The van der Waals surface area contributed by atoms with Crippen LogP contribution in [0.25, 0.3) is 11.1 Å². The molecule has 0 aromatic heterocycles. The van der Waals surface area contributed by atoms with E-state index in [1.165, 1.54) is 7.11 Å². The third-order valence-corrected chi connectivity index (χ3v) is 4.92. The predicted molar refractivity (Wildman–Crippen MR) is 114 cm³/mol. The van der Waals surface area contributed by atoms with Gasteiger partial charge in [0.2, 0.25) is 0 Å². The molecule has 0 radical (unpaired) electrons. The third-order valence-electron chi connectivity index (χ3n) is 4.92. The van der Waals surface area contributed by atoms with Gasteiger partial charge in [0.05, 0.1) is 19.7 Å². The Morgan fingerprint density at radius 1 is 1.03 bits per heavy atom. The van der Waals surface area contributed by atoms with Gasteiger partial charge in [0.15, 0.2) is 6.04 Å². The van der Waals surface area contributed by atoms with Crippen LogP contribution in [0.2, 0.25) is 0 Å². The van der Waals surface area contributed by atoms with E-state index in [4.69, 9.17) is 9.47 Å². The van der Waals surface area contributed by atoms with Crippen molar-refractivity contribution in [2.75, 3.05) is 13.7 Å². The highest BCUT2D eigenvalue weighted by molar-refractivity contribution is 5.85. The van der Waals surface area contributed by atoms with Crippen LogP contribution in [0.3, 0.4) is 0 Å². The lowest BCUT2D eigenvalue weighted by Gasteiger charge is -2.34. The maximum atomic E-state index is 12.8. The molecule has 0 saturated heterocycles. The number of amides is 2. The fraction of sp³-hybridized carbons (Fsp3) is 0.348.